The minimum atomic E-state index is -1.32. The van der Waals surface area contributed by atoms with Crippen molar-refractivity contribution in [2.45, 2.75) is 57.7 Å². The van der Waals surface area contributed by atoms with E-state index in [9.17, 15) is 19.5 Å². The molecule has 31 heavy (non-hydrogen) atoms. The Labute approximate surface area is 178 Å². The minimum absolute atomic E-state index is 0.00425. The van der Waals surface area contributed by atoms with Gasteiger partial charge in [0.1, 0.15) is 23.5 Å². The van der Waals surface area contributed by atoms with Crippen molar-refractivity contribution in [1.29, 1.82) is 0 Å². The summed E-state index contributed by atoms with van der Waals surface area (Å²) in [6, 6.07) is 0.477. The average Bonchev–Trinajstić information content (AvgIpc) is 2.72. The standard InChI is InChI=1S/C22H26FN3O5/c1-11-3-4-14-18-15(20(27)16(21(28)29)10-26(11)18)9-17(23)19(14)25-7-5-13(6-8-25)31-22(30)12(2)24/h9-13H,3-8,24H2,1-2H3,(H,28,29)/t11?,12-/m0/s1. The summed E-state index contributed by atoms with van der Waals surface area (Å²) in [4.78, 5) is 37.9. The predicted octanol–water partition coefficient (Wildman–Crippen LogP) is 2.21. The first-order valence-electron chi connectivity index (χ1n) is 10.5. The predicted molar refractivity (Wildman–Crippen MR) is 113 cm³/mol. The molecule has 4 rings (SSSR count). The van der Waals surface area contributed by atoms with Crippen LogP contribution in [0.1, 0.15) is 55.1 Å². The lowest BCUT2D eigenvalue weighted by Gasteiger charge is -2.37. The van der Waals surface area contributed by atoms with Crippen molar-refractivity contribution in [1.82, 2.24) is 4.57 Å². The van der Waals surface area contributed by atoms with Gasteiger partial charge >= 0.3 is 11.9 Å². The molecular formula is C22H26FN3O5. The van der Waals surface area contributed by atoms with E-state index in [-0.39, 0.29) is 23.1 Å². The van der Waals surface area contributed by atoms with E-state index in [1.54, 1.807) is 11.5 Å². The van der Waals surface area contributed by atoms with Crippen LogP contribution in [0.15, 0.2) is 17.1 Å². The molecule has 1 aromatic carbocycles. The molecule has 2 aromatic rings. The second-order valence-electron chi connectivity index (χ2n) is 8.47. The molecule has 2 aliphatic rings. The highest BCUT2D eigenvalue weighted by atomic mass is 19.1. The number of aryl methyl sites for hydroxylation is 1. The van der Waals surface area contributed by atoms with E-state index in [0.717, 1.165) is 5.56 Å². The third-order valence-corrected chi connectivity index (χ3v) is 6.27. The SMILES string of the molecule is CC1CCc2c(N3CCC(OC(=O)[C@H](C)N)CC3)c(F)cc3c(=O)c(C(=O)O)cn1c23. The van der Waals surface area contributed by atoms with Crippen LogP contribution in [0, 0.1) is 5.82 Å². The van der Waals surface area contributed by atoms with E-state index >= 15 is 4.39 Å². The molecule has 166 valence electrons. The van der Waals surface area contributed by atoms with Gasteiger partial charge in [-0.1, -0.05) is 0 Å². The molecule has 9 heteroatoms. The zero-order valence-corrected chi connectivity index (χ0v) is 17.6. The Morgan fingerprint density at radius 3 is 2.58 bits per heavy atom. The van der Waals surface area contributed by atoms with Gasteiger partial charge in [-0.3, -0.25) is 9.59 Å². The molecule has 0 spiro atoms. The number of anilines is 1. The Morgan fingerprint density at radius 1 is 1.29 bits per heavy atom. The number of piperidine rings is 1. The molecule has 2 atom stereocenters. The molecule has 2 aliphatic heterocycles. The number of carbonyl (C=O) groups is 2. The maximum atomic E-state index is 15.3. The van der Waals surface area contributed by atoms with Crippen molar-refractivity contribution in [2.75, 3.05) is 18.0 Å². The Balaban J connectivity index is 1.73. The quantitative estimate of drug-likeness (QED) is 0.713. The van der Waals surface area contributed by atoms with Crippen LogP contribution in [-0.4, -0.2) is 46.8 Å². The number of ether oxygens (including phenoxy) is 1. The summed E-state index contributed by atoms with van der Waals surface area (Å²) in [6.45, 7) is 4.53. The molecule has 0 saturated carbocycles. The van der Waals surface area contributed by atoms with Gasteiger partial charge in [-0.25, -0.2) is 9.18 Å². The maximum absolute atomic E-state index is 15.3. The number of hydrogen-bond donors (Lipinski definition) is 2. The van der Waals surface area contributed by atoms with Gasteiger partial charge in [-0.2, -0.15) is 0 Å². The van der Waals surface area contributed by atoms with Gasteiger partial charge in [0, 0.05) is 49.1 Å². The smallest absolute Gasteiger partial charge is 0.341 e. The number of rotatable bonds is 4. The molecule has 0 aliphatic carbocycles. The minimum Gasteiger partial charge on any atom is -0.477 e. The van der Waals surface area contributed by atoms with Gasteiger partial charge in [0.15, 0.2) is 0 Å². The lowest BCUT2D eigenvalue weighted by Crippen LogP contribution is -2.41. The van der Waals surface area contributed by atoms with Crippen LogP contribution < -0.4 is 16.1 Å². The normalized spacial score (nSPS) is 20.0. The second kappa shape index (κ2) is 7.96. The summed E-state index contributed by atoms with van der Waals surface area (Å²) < 4.78 is 22.5. The number of hydrogen-bond acceptors (Lipinski definition) is 6. The molecule has 0 bridgehead atoms. The number of carbonyl (C=O) groups excluding carboxylic acids is 1. The van der Waals surface area contributed by atoms with Gasteiger partial charge in [0.05, 0.1) is 11.2 Å². The average molecular weight is 431 g/mol. The highest BCUT2D eigenvalue weighted by molar-refractivity contribution is 5.95. The monoisotopic (exact) mass is 431 g/mol. The van der Waals surface area contributed by atoms with Crippen LogP contribution >= 0.6 is 0 Å². The number of aromatic carboxylic acids is 1. The first kappa shape index (κ1) is 21.3. The fraction of sp³-hybridized carbons (Fsp3) is 0.500. The summed E-state index contributed by atoms with van der Waals surface area (Å²) >= 11 is 0. The van der Waals surface area contributed by atoms with E-state index in [1.165, 1.54) is 12.3 Å². The van der Waals surface area contributed by atoms with E-state index in [4.69, 9.17) is 10.5 Å². The van der Waals surface area contributed by atoms with E-state index in [1.807, 2.05) is 11.8 Å². The topological polar surface area (TPSA) is 115 Å². The van der Waals surface area contributed by atoms with Gasteiger partial charge in [-0.15, -0.1) is 0 Å². The molecule has 0 radical (unpaired) electrons. The van der Waals surface area contributed by atoms with Crippen LogP contribution in [0.25, 0.3) is 10.9 Å². The number of halogens is 1. The molecule has 3 heterocycles. The Bertz CT molecular complexity index is 1120. The van der Waals surface area contributed by atoms with Crippen molar-refractivity contribution in [3.63, 3.8) is 0 Å². The molecular weight excluding hydrogens is 405 g/mol. The molecule has 1 fully saturated rings. The number of pyridine rings is 1. The molecule has 1 unspecified atom stereocenters. The highest BCUT2D eigenvalue weighted by Gasteiger charge is 2.31. The first-order valence-corrected chi connectivity index (χ1v) is 10.5. The van der Waals surface area contributed by atoms with E-state index in [0.29, 0.717) is 50.0 Å². The zero-order valence-electron chi connectivity index (χ0n) is 17.6. The summed E-state index contributed by atoms with van der Waals surface area (Å²) in [5.74, 6) is -2.30. The maximum Gasteiger partial charge on any atom is 0.341 e. The lowest BCUT2D eigenvalue weighted by atomic mass is 9.93. The number of carboxylic acid groups (broad SMARTS) is 1. The van der Waals surface area contributed by atoms with E-state index < -0.39 is 29.2 Å². The molecule has 1 aromatic heterocycles. The molecule has 3 N–H and O–H groups in total. The highest BCUT2D eigenvalue weighted by Crippen LogP contribution is 2.39. The van der Waals surface area contributed by atoms with Crippen LogP contribution in [0.5, 0.6) is 0 Å². The van der Waals surface area contributed by atoms with Crippen molar-refractivity contribution in [3.05, 3.63) is 39.4 Å². The van der Waals surface area contributed by atoms with E-state index in [2.05, 4.69) is 0 Å². The molecule has 1 saturated heterocycles. The number of esters is 1. The Kier molecular flexibility index (Phi) is 5.47. The van der Waals surface area contributed by atoms with Crippen molar-refractivity contribution >= 4 is 28.5 Å². The largest absolute Gasteiger partial charge is 0.477 e. The van der Waals surface area contributed by atoms with Crippen molar-refractivity contribution in [2.24, 2.45) is 5.73 Å². The van der Waals surface area contributed by atoms with Gasteiger partial charge in [-0.05, 0) is 32.8 Å². The third-order valence-electron chi connectivity index (χ3n) is 6.27. The number of aromatic nitrogens is 1. The number of benzene rings is 1. The van der Waals surface area contributed by atoms with Crippen LogP contribution in [0.2, 0.25) is 0 Å². The van der Waals surface area contributed by atoms with Gasteiger partial charge in [0.2, 0.25) is 5.43 Å². The molecule has 0 amide bonds. The molecule has 8 nitrogen and oxygen atoms in total. The first-order chi connectivity index (χ1) is 14.7. The van der Waals surface area contributed by atoms with Crippen LogP contribution in [0.3, 0.4) is 0 Å². The number of nitrogens with two attached hydrogens (primary N) is 1. The summed E-state index contributed by atoms with van der Waals surface area (Å²) in [5, 5.41) is 9.51. The van der Waals surface area contributed by atoms with Crippen LogP contribution in [-0.2, 0) is 16.0 Å². The second-order valence-corrected chi connectivity index (χ2v) is 8.47. The van der Waals surface area contributed by atoms with Gasteiger partial charge in [0.25, 0.3) is 0 Å². The summed E-state index contributed by atoms with van der Waals surface area (Å²) in [5.41, 5.74) is 6.33. The van der Waals surface area contributed by atoms with Crippen molar-refractivity contribution in [3.8, 4) is 0 Å². The lowest BCUT2D eigenvalue weighted by molar-refractivity contribution is -0.151. The zero-order chi connectivity index (χ0) is 22.4. The number of carboxylic acids is 1. The Hall–Kier alpha value is -2.94. The Morgan fingerprint density at radius 2 is 1.97 bits per heavy atom. The number of nitrogens with zero attached hydrogens (tertiary/aromatic N) is 2. The fourth-order valence-electron chi connectivity index (χ4n) is 4.60. The van der Waals surface area contributed by atoms with Crippen LogP contribution in [0.4, 0.5) is 10.1 Å². The summed E-state index contributed by atoms with van der Waals surface area (Å²) in [6.07, 6.45) is 3.53. The third kappa shape index (κ3) is 3.67. The fourth-order valence-corrected chi connectivity index (χ4v) is 4.60. The summed E-state index contributed by atoms with van der Waals surface area (Å²) in [7, 11) is 0. The van der Waals surface area contributed by atoms with Gasteiger partial charge < -0.3 is 25.0 Å². The van der Waals surface area contributed by atoms with Crippen molar-refractivity contribution < 1.29 is 23.8 Å².